The molecule has 1 aromatic carbocycles. The Morgan fingerprint density at radius 1 is 1.44 bits per heavy atom. The second-order valence-corrected chi connectivity index (χ2v) is 6.04. The molecule has 0 bridgehead atoms. The van der Waals surface area contributed by atoms with Crippen molar-refractivity contribution in [3.05, 3.63) is 46.5 Å². The number of benzene rings is 1. The summed E-state index contributed by atoms with van der Waals surface area (Å²) >= 11 is 13.9. The van der Waals surface area contributed by atoms with E-state index in [-0.39, 0.29) is 5.25 Å². The number of halogens is 2. The van der Waals surface area contributed by atoms with Crippen molar-refractivity contribution >= 4 is 46.0 Å². The van der Waals surface area contributed by atoms with Gasteiger partial charge in [-0.25, -0.2) is 4.79 Å². The molecule has 0 aliphatic carbocycles. The minimum atomic E-state index is -0.985. The molecule has 1 heterocycles. The van der Waals surface area contributed by atoms with Crippen LogP contribution in [0, 0.1) is 0 Å². The zero-order valence-electron chi connectivity index (χ0n) is 9.48. The number of carboxylic acids is 1. The summed E-state index contributed by atoms with van der Waals surface area (Å²) in [6.45, 7) is 1.99. The van der Waals surface area contributed by atoms with Crippen LogP contribution < -0.4 is 0 Å². The lowest BCUT2D eigenvalue weighted by atomic mass is 10.1. The van der Waals surface area contributed by atoms with Gasteiger partial charge < -0.3 is 5.11 Å². The first-order valence-corrected chi connectivity index (χ1v) is 6.90. The van der Waals surface area contributed by atoms with Gasteiger partial charge in [0.25, 0.3) is 0 Å². The molecule has 18 heavy (non-hydrogen) atoms. The number of hydrogen-bond acceptors (Lipinski definition) is 2. The molecule has 2 rings (SSSR count). The first-order chi connectivity index (χ1) is 8.49. The molecular formula is C13H10Cl2O2S. The maximum absolute atomic E-state index is 10.6. The highest BCUT2D eigenvalue weighted by molar-refractivity contribution is 8.00. The van der Waals surface area contributed by atoms with Crippen LogP contribution in [-0.2, 0) is 4.79 Å². The van der Waals surface area contributed by atoms with Crippen molar-refractivity contribution in [2.45, 2.75) is 17.1 Å². The maximum atomic E-state index is 10.6. The van der Waals surface area contributed by atoms with Gasteiger partial charge in [-0.15, -0.1) is 11.8 Å². The van der Waals surface area contributed by atoms with Crippen LogP contribution in [0.25, 0.3) is 5.03 Å². The van der Waals surface area contributed by atoms with Gasteiger partial charge in [-0.3, -0.25) is 0 Å². The van der Waals surface area contributed by atoms with Crippen LogP contribution in [0.2, 0.25) is 5.02 Å². The minimum absolute atomic E-state index is 0.113. The molecule has 1 aliphatic rings. The maximum Gasteiger partial charge on any atom is 0.328 e. The van der Waals surface area contributed by atoms with E-state index in [0.29, 0.717) is 10.1 Å². The van der Waals surface area contributed by atoms with Gasteiger partial charge in [-0.05, 0) is 36.8 Å². The van der Waals surface area contributed by atoms with Crippen molar-refractivity contribution in [2.24, 2.45) is 0 Å². The van der Waals surface area contributed by atoms with Crippen molar-refractivity contribution in [1.82, 2.24) is 0 Å². The highest BCUT2D eigenvalue weighted by atomic mass is 35.5. The van der Waals surface area contributed by atoms with Crippen molar-refractivity contribution in [3.63, 3.8) is 0 Å². The van der Waals surface area contributed by atoms with Crippen LogP contribution in [0.15, 0.2) is 40.8 Å². The van der Waals surface area contributed by atoms with Gasteiger partial charge in [0, 0.05) is 26.8 Å². The molecule has 0 fully saturated rings. The van der Waals surface area contributed by atoms with Gasteiger partial charge >= 0.3 is 5.97 Å². The predicted molar refractivity (Wildman–Crippen MR) is 76.3 cm³/mol. The monoisotopic (exact) mass is 300 g/mol. The first-order valence-electron chi connectivity index (χ1n) is 5.26. The number of rotatable bonds is 2. The summed E-state index contributed by atoms with van der Waals surface area (Å²) in [7, 11) is 0. The summed E-state index contributed by atoms with van der Waals surface area (Å²) in [5.41, 5.74) is 1.66. The lowest BCUT2D eigenvalue weighted by molar-refractivity contribution is -0.131. The van der Waals surface area contributed by atoms with Crippen LogP contribution in [0.4, 0.5) is 0 Å². The Morgan fingerprint density at radius 3 is 2.83 bits per heavy atom. The molecule has 1 aromatic rings. The van der Waals surface area contributed by atoms with Gasteiger partial charge in [0.15, 0.2) is 0 Å². The Labute approximate surface area is 119 Å². The van der Waals surface area contributed by atoms with E-state index in [0.717, 1.165) is 22.1 Å². The van der Waals surface area contributed by atoms with Gasteiger partial charge in [0.05, 0.1) is 5.03 Å². The second-order valence-electron chi connectivity index (χ2n) is 3.84. The second kappa shape index (κ2) is 5.39. The summed E-state index contributed by atoms with van der Waals surface area (Å²) in [6.07, 6.45) is 2.65. The van der Waals surface area contributed by atoms with Crippen LogP contribution in [0.1, 0.15) is 12.5 Å². The Bertz CT molecular complexity index is 564. The van der Waals surface area contributed by atoms with E-state index in [9.17, 15) is 4.79 Å². The number of fused-ring (bicyclic) bond motifs is 1. The van der Waals surface area contributed by atoms with Gasteiger partial charge in [-0.2, -0.15) is 0 Å². The fraction of sp³-hybridized carbons (Fsp3) is 0.154. The van der Waals surface area contributed by atoms with Gasteiger partial charge in [-0.1, -0.05) is 23.2 Å². The molecule has 0 aromatic heterocycles. The number of thioether (sulfide) groups is 1. The highest BCUT2D eigenvalue weighted by Crippen LogP contribution is 2.44. The molecule has 94 valence electrons. The third-order valence-corrected chi connectivity index (χ3v) is 4.45. The van der Waals surface area contributed by atoms with E-state index in [4.69, 9.17) is 28.3 Å². The smallest absolute Gasteiger partial charge is 0.328 e. The number of hydrogen-bond donors (Lipinski definition) is 1. The van der Waals surface area contributed by atoms with E-state index in [1.54, 1.807) is 23.9 Å². The minimum Gasteiger partial charge on any atom is -0.478 e. The standard InChI is InChI=1S/C13H10Cl2O2S/c1-7-9(3-5-12(16)17)13(15)10-6-8(14)2-4-11(10)18-7/h2-7H,1H3,(H,16,17)/b5-3+/t7-/m0/s1. The molecule has 2 nitrogen and oxygen atoms in total. The molecule has 0 saturated carbocycles. The molecule has 0 spiro atoms. The molecule has 0 amide bonds. The van der Waals surface area contributed by atoms with Crippen molar-refractivity contribution in [1.29, 1.82) is 0 Å². The third-order valence-electron chi connectivity index (χ3n) is 2.58. The number of allylic oxidation sites excluding steroid dienone is 1. The normalized spacial score (nSPS) is 19.2. The lowest BCUT2D eigenvalue weighted by Gasteiger charge is -2.23. The summed E-state index contributed by atoms with van der Waals surface area (Å²) in [6, 6.07) is 5.55. The molecule has 5 heteroatoms. The SMILES string of the molecule is C[C@@H]1Sc2ccc(Cl)cc2C(Cl)=C1/C=C/C(=O)O. The quantitative estimate of drug-likeness (QED) is 0.821. The predicted octanol–water partition coefficient (Wildman–Crippen LogP) is 4.42. The van der Waals surface area contributed by atoms with Crippen molar-refractivity contribution < 1.29 is 9.90 Å². The van der Waals surface area contributed by atoms with Gasteiger partial charge in [0.2, 0.25) is 0 Å². The Morgan fingerprint density at radius 2 is 2.17 bits per heavy atom. The van der Waals surface area contributed by atoms with E-state index < -0.39 is 5.97 Å². The number of carboxylic acid groups (broad SMARTS) is 1. The zero-order valence-corrected chi connectivity index (χ0v) is 11.8. The Kier molecular flexibility index (Phi) is 4.05. The molecule has 1 atom stereocenters. The molecular weight excluding hydrogens is 291 g/mol. The lowest BCUT2D eigenvalue weighted by Crippen LogP contribution is -2.07. The van der Waals surface area contributed by atoms with Crippen LogP contribution in [0.5, 0.6) is 0 Å². The summed E-state index contributed by atoms with van der Waals surface area (Å²) in [5.74, 6) is -0.985. The fourth-order valence-electron chi connectivity index (χ4n) is 1.73. The molecule has 1 aliphatic heterocycles. The first kappa shape index (κ1) is 13.5. The fourth-order valence-corrected chi connectivity index (χ4v) is 3.55. The average molecular weight is 301 g/mol. The van der Waals surface area contributed by atoms with Crippen LogP contribution >= 0.6 is 35.0 Å². The van der Waals surface area contributed by atoms with Crippen LogP contribution in [0.3, 0.4) is 0 Å². The zero-order chi connectivity index (χ0) is 13.3. The number of aliphatic carboxylic acids is 1. The largest absolute Gasteiger partial charge is 0.478 e. The molecule has 0 unspecified atom stereocenters. The average Bonchev–Trinajstić information content (AvgIpc) is 2.30. The highest BCUT2D eigenvalue weighted by Gasteiger charge is 2.22. The Hall–Kier alpha value is -0.900. The summed E-state index contributed by atoms with van der Waals surface area (Å²) < 4.78 is 0. The van der Waals surface area contributed by atoms with Gasteiger partial charge in [0.1, 0.15) is 0 Å². The van der Waals surface area contributed by atoms with E-state index in [1.165, 1.54) is 0 Å². The topological polar surface area (TPSA) is 37.3 Å². The van der Waals surface area contributed by atoms with E-state index >= 15 is 0 Å². The summed E-state index contributed by atoms with van der Waals surface area (Å²) in [4.78, 5) is 11.6. The molecule has 0 radical (unpaired) electrons. The summed E-state index contributed by atoms with van der Waals surface area (Å²) in [5, 5.41) is 9.97. The Balaban J connectivity index is 2.51. The third kappa shape index (κ3) is 2.74. The molecule has 1 N–H and O–H groups in total. The van der Waals surface area contributed by atoms with E-state index in [2.05, 4.69) is 0 Å². The van der Waals surface area contributed by atoms with Crippen LogP contribution in [-0.4, -0.2) is 16.3 Å². The van der Waals surface area contributed by atoms with E-state index in [1.807, 2.05) is 19.1 Å². The molecule has 0 saturated heterocycles. The van der Waals surface area contributed by atoms with Crippen molar-refractivity contribution in [3.8, 4) is 0 Å². The van der Waals surface area contributed by atoms with Crippen molar-refractivity contribution in [2.75, 3.05) is 0 Å². The number of carbonyl (C=O) groups is 1.